The Bertz CT molecular complexity index is 1310. The summed E-state index contributed by atoms with van der Waals surface area (Å²) in [6, 6.07) is 16.5. The van der Waals surface area contributed by atoms with Gasteiger partial charge in [0, 0.05) is 34.1 Å². The number of rotatable bonds is 7. The molecule has 0 radical (unpaired) electrons. The van der Waals surface area contributed by atoms with Gasteiger partial charge in [-0.1, -0.05) is 30.7 Å². The van der Waals surface area contributed by atoms with Gasteiger partial charge < -0.3 is 15.8 Å². The fourth-order valence-electron chi connectivity index (χ4n) is 4.33. The van der Waals surface area contributed by atoms with Crippen molar-refractivity contribution in [1.82, 2.24) is 20.2 Å². The zero-order valence-electron chi connectivity index (χ0n) is 19.5. The quantitative estimate of drug-likeness (QED) is 0.259. The maximum Gasteiger partial charge on any atom is 0.223 e. The van der Waals surface area contributed by atoms with Crippen molar-refractivity contribution < 1.29 is 0 Å². The number of benzene rings is 2. The molecule has 1 saturated carbocycles. The molecule has 1 fully saturated rings. The molecule has 5 rings (SSSR count). The molecule has 0 amide bonds. The smallest absolute Gasteiger partial charge is 0.223 e. The minimum Gasteiger partial charge on any atom is -0.351 e. The standard InChI is InChI=1S/C26H28ClN7S/c1-2-16-13-17(22-11-12-24(33-32-22)34-35-23-6-4-3-5-21(23)27)14-18-15-29-26(31-25(16)18)30-20-9-7-19(28)8-10-20/h3-6,11-15,19-20H,2,7-10,28H2,1H3,(H,33,34)(H,29,30,31). The average Bonchev–Trinajstić information content (AvgIpc) is 2.89. The summed E-state index contributed by atoms with van der Waals surface area (Å²) in [5.74, 6) is 1.35. The third kappa shape index (κ3) is 5.66. The van der Waals surface area contributed by atoms with Crippen molar-refractivity contribution >= 4 is 46.2 Å². The maximum atomic E-state index is 6.22. The van der Waals surface area contributed by atoms with Crippen LogP contribution in [0.3, 0.4) is 0 Å². The third-order valence-electron chi connectivity index (χ3n) is 6.31. The van der Waals surface area contributed by atoms with Crippen LogP contribution in [0.5, 0.6) is 0 Å². The number of nitrogens with one attached hydrogen (secondary N) is 2. The van der Waals surface area contributed by atoms with Gasteiger partial charge in [0.25, 0.3) is 0 Å². The first-order valence-electron chi connectivity index (χ1n) is 11.9. The Morgan fingerprint density at radius 3 is 2.63 bits per heavy atom. The number of hydrogen-bond donors (Lipinski definition) is 3. The van der Waals surface area contributed by atoms with Gasteiger partial charge in [-0.05, 0) is 86.0 Å². The van der Waals surface area contributed by atoms with Gasteiger partial charge in [-0.3, -0.25) is 0 Å². The minimum absolute atomic E-state index is 0.324. The van der Waals surface area contributed by atoms with E-state index < -0.39 is 0 Å². The lowest BCUT2D eigenvalue weighted by Crippen LogP contribution is -2.33. The van der Waals surface area contributed by atoms with E-state index in [1.807, 2.05) is 42.6 Å². The van der Waals surface area contributed by atoms with E-state index in [0.717, 1.165) is 64.7 Å². The molecule has 180 valence electrons. The van der Waals surface area contributed by atoms with Crippen LogP contribution in [0.4, 0.5) is 11.8 Å². The van der Waals surface area contributed by atoms with Gasteiger partial charge in [0.2, 0.25) is 5.95 Å². The van der Waals surface area contributed by atoms with Crippen molar-refractivity contribution in [3.05, 3.63) is 65.3 Å². The molecule has 0 unspecified atom stereocenters. The van der Waals surface area contributed by atoms with E-state index >= 15 is 0 Å². The topological polar surface area (TPSA) is 102 Å². The normalized spacial score (nSPS) is 17.9. The second kappa shape index (κ2) is 10.8. The number of aryl methyl sites for hydroxylation is 1. The minimum atomic E-state index is 0.324. The molecule has 35 heavy (non-hydrogen) atoms. The van der Waals surface area contributed by atoms with Crippen LogP contribution in [0, 0.1) is 0 Å². The van der Waals surface area contributed by atoms with Crippen molar-refractivity contribution in [2.24, 2.45) is 5.73 Å². The summed E-state index contributed by atoms with van der Waals surface area (Å²) in [5, 5.41) is 14.0. The Morgan fingerprint density at radius 1 is 1.06 bits per heavy atom. The molecule has 2 aromatic heterocycles. The first kappa shape index (κ1) is 23.8. The predicted molar refractivity (Wildman–Crippen MR) is 145 cm³/mol. The van der Waals surface area contributed by atoms with Crippen LogP contribution in [0.1, 0.15) is 38.2 Å². The lowest BCUT2D eigenvalue weighted by molar-refractivity contribution is 0.410. The molecular formula is C26H28ClN7S. The zero-order valence-corrected chi connectivity index (χ0v) is 21.1. The van der Waals surface area contributed by atoms with E-state index in [2.05, 4.69) is 44.3 Å². The Hall–Kier alpha value is -2.94. The van der Waals surface area contributed by atoms with Gasteiger partial charge in [-0.25, -0.2) is 9.97 Å². The molecule has 1 aliphatic carbocycles. The summed E-state index contributed by atoms with van der Waals surface area (Å²) in [6.07, 6.45) is 6.96. The van der Waals surface area contributed by atoms with Gasteiger partial charge in [0.1, 0.15) is 0 Å². The second-order valence-electron chi connectivity index (χ2n) is 8.81. The highest BCUT2D eigenvalue weighted by Gasteiger charge is 2.19. The Labute approximate surface area is 214 Å². The van der Waals surface area contributed by atoms with Crippen molar-refractivity contribution in [3.63, 3.8) is 0 Å². The number of nitrogens with two attached hydrogens (primary N) is 1. The van der Waals surface area contributed by atoms with Crippen molar-refractivity contribution in [2.45, 2.75) is 56.0 Å². The van der Waals surface area contributed by atoms with E-state index in [1.54, 1.807) is 0 Å². The maximum absolute atomic E-state index is 6.22. The summed E-state index contributed by atoms with van der Waals surface area (Å²) in [7, 11) is 0. The van der Waals surface area contributed by atoms with E-state index in [1.165, 1.54) is 11.9 Å². The van der Waals surface area contributed by atoms with E-state index in [0.29, 0.717) is 28.9 Å². The number of hydrogen-bond acceptors (Lipinski definition) is 8. The van der Waals surface area contributed by atoms with Crippen molar-refractivity contribution in [2.75, 3.05) is 10.0 Å². The molecule has 4 aromatic rings. The van der Waals surface area contributed by atoms with E-state index in [4.69, 9.17) is 22.3 Å². The molecule has 0 atom stereocenters. The molecule has 0 spiro atoms. The molecule has 0 aliphatic heterocycles. The fourth-order valence-corrected chi connectivity index (χ4v) is 5.21. The highest BCUT2D eigenvalue weighted by molar-refractivity contribution is 8.00. The van der Waals surface area contributed by atoms with Gasteiger partial charge in [0.15, 0.2) is 5.82 Å². The molecule has 4 N–H and O–H groups in total. The number of nitrogens with zero attached hydrogens (tertiary/aromatic N) is 4. The first-order chi connectivity index (χ1) is 17.1. The molecular weight excluding hydrogens is 478 g/mol. The van der Waals surface area contributed by atoms with Crippen LogP contribution >= 0.6 is 23.5 Å². The molecule has 2 heterocycles. The number of anilines is 2. The van der Waals surface area contributed by atoms with Gasteiger partial charge in [-0.15, -0.1) is 10.2 Å². The third-order valence-corrected chi connectivity index (χ3v) is 7.64. The zero-order chi connectivity index (χ0) is 24.2. The van der Waals surface area contributed by atoms with Gasteiger partial charge in [-0.2, -0.15) is 0 Å². The number of aromatic nitrogens is 4. The Balaban J connectivity index is 1.33. The largest absolute Gasteiger partial charge is 0.351 e. The summed E-state index contributed by atoms with van der Waals surface area (Å²) in [4.78, 5) is 10.4. The van der Waals surface area contributed by atoms with Crippen LogP contribution in [0.2, 0.25) is 5.02 Å². The molecule has 0 bridgehead atoms. The lowest BCUT2D eigenvalue weighted by Gasteiger charge is -2.26. The van der Waals surface area contributed by atoms with Crippen LogP contribution < -0.4 is 15.8 Å². The summed E-state index contributed by atoms with van der Waals surface area (Å²) in [5.41, 5.74) is 9.97. The van der Waals surface area contributed by atoms with Crippen LogP contribution in [-0.4, -0.2) is 32.2 Å². The highest BCUT2D eigenvalue weighted by atomic mass is 35.5. The summed E-state index contributed by atoms with van der Waals surface area (Å²) >= 11 is 7.63. The predicted octanol–water partition coefficient (Wildman–Crippen LogP) is 6.10. The highest BCUT2D eigenvalue weighted by Crippen LogP contribution is 2.29. The Morgan fingerprint density at radius 2 is 1.89 bits per heavy atom. The van der Waals surface area contributed by atoms with Crippen LogP contribution in [0.25, 0.3) is 22.2 Å². The molecule has 0 saturated heterocycles. The van der Waals surface area contributed by atoms with Gasteiger partial charge >= 0.3 is 0 Å². The fraction of sp³-hybridized carbons (Fsp3) is 0.308. The molecule has 9 heteroatoms. The van der Waals surface area contributed by atoms with Crippen molar-refractivity contribution in [1.29, 1.82) is 0 Å². The number of halogens is 1. The van der Waals surface area contributed by atoms with E-state index in [-0.39, 0.29) is 0 Å². The van der Waals surface area contributed by atoms with Gasteiger partial charge in [0.05, 0.1) is 16.2 Å². The molecule has 2 aromatic carbocycles. The monoisotopic (exact) mass is 505 g/mol. The SMILES string of the molecule is CCc1cc(-c2ccc(NSc3ccccc3Cl)nn2)cc2cnc(NC3CCC(N)CC3)nc12. The van der Waals surface area contributed by atoms with Crippen LogP contribution in [0.15, 0.2) is 59.6 Å². The summed E-state index contributed by atoms with van der Waals surface area (Å²) < 4.78 is 3.20. The van der Waals surface area contributed by atoms with E-state index in [9.17, 15) is 0 Å². The van der Waals surface area contributed by atoms with Crippen molar-refractivity contribution in [3.8, 4) is 11.3 Å². The lowest BCUT2D eigenvalue weighted by atomic mass is 9.92. The second-order valence-corrected chi connectivity index (χ2v) is 10.1. The Kier molecular flexibility index (Phi) is 7.32. The van der Waals surface area contributed by atoms with Crippen LogP contribution in [-0.2, 0) is 6.42 Å². The average molecular weight is 506 g/mol. The number of fused-ring (bicyclic) bond motifs is 1. The molecule has 7 nitrogen and oxygen atoms in total. The molecule has 1 aliphatic rings. The first-order valence-corrected chi connectivity index (χ1v) is 13.1. The summed E-state index contributed by atoms with van der Waals surface area (Å²) in [6.45, 7) is 2.14.